The van der Waals surface area contributed by atoms with Crippen LogP contribution in [0.2, 0.25) is 0 Å². The van der Waals surface area contributed by atoms with E-state index in [1.54, 1.807) is 12.1 Å². The summed E-state index contributed by atoms with van der Waals surface area (Å²) in [6.07, 6.45) is 5.08. The third-order valence-electron chi connectivity index (χ3n) is 4.79. The van der Waals surface area contributed by atoms with E-state index in [0.717, 1.165) is 49.8 Å². The van der Waals surface area contributed by atoms with Crippen molar-refractivity contribution in [1.29, 1.82) is 0 Å². The van der Waals surface area contributed by atoms with Gasteiger partial charge in [-0.3, -0.25) is 4.79 Å². The molecular weight excluding hydrogens is 300 g/mol. The smallest absolute Gasteiger partial charge is 0.240 e. The summed E-state index contributed by atoms with van der Waals surface area (Å²) in [6, 6.07) is 5.21. The minimum atomic E-state index is -3.44. The Kier molecular flexibility index (Phi) is 4.23. The molecule has 0 bridgehead atoms. The molecule has 1 aromatic carbocycles. The number of sulfonamides is 1. The second kappa shape index (κ2) is 6.01. The molecule has 0 unspecified atom stereocenters. The fourth-order valence-electron chi connectivity index (χ4n) is 3.44. The minimum absolute atomic E-state index is 0.172. The number of carbonyl (C=O) groups is 1. The van der Waals surface area contributed by atoms with Crippen molar-refractivity contribution in [2.24, 2.45) is 5.92 Å². The summed E-state index contributed by atoms with van der Waals surface area (Å²) in [5.74, 6) is 0.413. The van der Waals surface area contributed by atoms with Gasteiger partial charge in [-0.1, -0.05) is 18.9 Å². The molecule has 1 saturated carbocycles. The third-order valence-corrected chi connectivity index (χ3v) is 6.20. The van der Waals surface area contributed by atoms with Crippen LogP contribution in [0.1, 0.15) is 36.8 Å². The molecular formula is C16H22N2O3S. The quantitative estimate of drug-likeness (QED) is 0.920. The average Bonchev–Trinajstić information content (AvgIpc) is 3.07. The van der Waals surface area contributed by atoms with E-state index in [1.807, 2.05) is 11.0 Å². The van der Waals surface area contributed by atoms with Gasteiger partial charge in [0.25, 0.3) is 0 Å². The molecule has 3 rings (SSSR count). The van der Waals surface area contributed by atoms with Gasteiger partial charge in [-0.2, -0.15) is 0 Å². The van der Waals surface area contributed by atoms with Gasteiger partial charge in [0.1, 0.15) is 0 Å². The van der Waals surface area contributed by atoms with E-state index in [9.17, 15) is 13.2 Å². The molecule has 0 radical (unpaired) electrons. The maximum atomic E-state index is 12.5. The van der Waals surface area contributed by atoms with Crippen LogP contribution in [0.4, 0.5) is 0 Å². The zero-order valence-corrected chi connectivity index (χ0v) is 13.7. The maximum absolute atomic E-state index is 12.5. The Bertz CT molecular complexity index is 679. The van der Waals surface area contributed by atoms with Gasteiger partial charge >= 0.3 is 0 Å². The third kappa shape index (κ3) is 2.90. The minimum Gasteiger partial charge on any atom is -0.338 e. The Morgan fingerprint density at radius 1 is 1.23 bits per heavy atom. The van der Waals surface area contributed by atoms with Crippen LogP contribution in [0.25, 0.3) is 0 Å². The molecule has 0 aromatic heterocycles. The largest absolute Gasteiger partial charge is 0.338 e. The number of hydrogen-bond donors (Lipinski definition) is 1. The molecule has 1 aliphatic heterocycles. The molecule has 22 heavy (non-hydrogen) atoms. The van der Waals surface area contributed by atoms with Gasteiger partial charge in [-0.05, 0) is 49.6 Å². The Labute approximate surface area is 131 Å². The van der Waals surface area contributed by atoms with E-state index in [1.165, 1.54) is 7.05 Å². The predicted octanol–water partition coefficient (Wildman–Crippen LogP) is 1.67. The highest BCUT2D eigenvalue weighted by Crippen LogP contribution is 2.29. The summed E-state index contributed by atoms with van der Waals surface area (Å²) in [5, 5.41) is 0. The molecule has 2 aliphatic rings. The van der Waals surface area contributed by atoms with Crippen LogP contribution in [0.5, 0.6) is 0 Å². The molecule has 1 aromatic rings. The van der Waals surface area contributed by atoms with Crippen molar-refractivity contribution >= 4 is 15.9 Å². The summed E-state index contributed by atoms with van der Waals surface area (Å²) in [6.45, 7) is 1.26. The second-order valence-corrected chi connectivity index (χ2v) is 8.02. The van der Waals surface area contributed by atoms with Gasteiger partial charge in [-0.15, -0.1) is 0 Å². The zero-order chi connectivity index (χ0) is 15.7. The molecule has 0 spiro atoms. The van der Waals surface area contributed by atoms with E-state index in [4.69, 9.17) is 0 Å². The topological polar surface area (TPSA) is 66.5 Å². The zero-order valence-electron chi connectivity index (χ0n) is 12.8. The van der Waals surface area contributed by atoms with Crippen molar-refractivity contribution in [3.8, 4) is 0 Å². The Balaban J connectivity index is 1.82. The molecule has 0 saturated heterocycles. The van der Waals surface area contributed by atoms with Crippen LogP contribution in [-0.4, -0.2) is 32.8 Å². The summed E-state index contributed by atoms with van der Waals surface area (Å²) in [7, 11) is -2.03. The van der Waals surface area contributed by atoms with Gasteiger partial charge < -0.3 is 4.90 Å². The fourth-order valence-corrected chi connectivity index (χ4v) is 4.22. The van der Waals surface area contributed by atoms with Gasteiger partial charge in [-0.25, -0.2) is 13.1 Å². The first kappa shape index (κ1) is 15.5. The number of nitrogens with zero attached hydrogens (tertiary/aromatic N) is 1. The maximum Gasteiger partial charge on any atom is 0.240 e. The summed E-state index contributed by atoms with van der Waals surface area (Å²) in [5.41, 5.74) is 2.10. The lowest BCUT2D eigenvalue weighted by molar-refractivity contribution is -0.136. The van der Waals surface area contributed by atoms with E-state index in [-0.39, 0.29) is 16.7 Å². The van der Waals surface area contributed by atoms with Crippen LogP contribution in [0.15, 0.2) is 23.1 Å². The second-order valence-electron chi connectivity index (χ2n) is 6.13. The van der Waals surface area contributed by atoms with E-state index in [2.05, 4.69) is 4.72 Å². The molecule has 1 amide bonds. The Hall–Kier alpha value is -1.40. The summed E-state index contributed by atoms with van der Waals surface area (Å²) in [4.78, 5) is 14.7. The first-order valence-electron chi connectivity index (χ1n) is 7.85. The molecule has 1 N–H and O–H groups in total. The van der Waals surface area contributed by atoms with Crippen LogP contribution in [0, 0.1) is 5.92 Å². The highest BCUT2D eigenvalue weighted by atomic mass is 32.2. The SMILES string of the molecule is CNS(=O)(=O)c1ccc2c(c1)CN(C(=O)C1CCCC1)CC2. The van der Waals surface area contributed by atoms with E-state index in [0.29, 0.717) is 6.54 Å². The Morgan fingerprint density at radius 3 is 2.64 bits per heavy atom. The molecule has 1 fully saturated rings. The first-order chi connectivity index (χ1) is 10.5. The van der Waals surface area contributed by atoms with Crippen molar-refractivity contribution in [3.63, 3.8) is 0 Å². The normalized spacial score (nSPS) is 19.2. The van der Waals surface area contributed by atoms with Crippen LogP contribution in [-0.2, 0) is 27.8 Å². The lowest BCUT2D eigenvalue weighted by atomic mass is 9.98. The molecule has 6 heteroatoms. The molecule has 5 nitrogen and oxygen atoms in total. The van der Waals surface area contributed by atoms with Crippen molar-refractivity contribution in [2.45, 2.75) is 43.5 Å². The lowest BCUT2D eigenvalue weighted by Gasteiger charge is -2.31. The fraction of sp³-hybridized carbons (Fsp3) is 0.562. The number of amides is 1. The van der Waals surface area contributed by atoms with Crippen molar-refractivity contribution in [2.75, 3.05) is 13.6 Å². The standard InChI is InChI=1S/C16H22N2O3S/c1-17-22(20,21)15-7-6-12-8-9-18(11-14(12)10-15)16(19)13-4-2-3-5-13/h6-7,10,13,17H,2-5,8-9,11H2,1H3. The molecule has 0 atom stereocenters. The summed E-state index contributed by atoms with van der Waals surface area (Å²) < 4.78 is 26.2. The first-order valence-corrected chi connectivity index (χ1v) is 9.34. The Morgan fingerprint density at radius 2 is 1.95 bits per heavy atom. The highest BCUT2D eigenvalue weighted by molar-refractivity contribution is 7.89. The van der Waals surface area contributed by atoms with Gasteiger partial charge in [0, 0.05) is 19.0 Å². The highest BCUT2D eigenvalue weighted by Gasteiger charge is 2.29. The molecule has 1 aliphatic carbocycles. The molecule has 120 valence electrons. The number of carbonyl (C=O) groups excluding carboxylic acids is 1. The van der Waals surface area contributed by atoms with Gasteiger partial charge in [0.05, 0.1) is 4.90 Å². The number of nitrogens with one attached hydrogen (secondary N) is 1. The molecule has 1 heterocycles. The van der Waals surface area contributed by atoms with Crippen molar-refractivity contribution < 1.29 is 13.2 Å². The van der Waals surface area contributed by atoms with Crippen molar-refractivity contribution in [1.82, 2.24) is 9.62 Å². The number of hydrogen-bond acceptors (Lipinski definition) is 3. The predicted molar refractivity (Wildman–Crippen MR) is 83.8 cm³/mol. The van der Waals surface area contributed by atoms with Crippen LogP contribution < -0.4 is 4.72 Å². The van der Waals surface area contributed by atoms with Crippen molar-refractivity contribution in [3.05, 3.63) is 29.3 Å². The average molecular weight is 322 g/mol. The number of fused-ring (bicyclic) bond motifs is 1. The van der Waals surface area contributed by atoms with Gasteiger partial charge in [0.2, 0.25) is 15.9 Å². The van der Waals surface area contributed by atoms with Crippen LogP contribution >= 0.6 is 0 Å². The van der Waals surface area contributed by atoms with E-state index >= 15 is 0 Å². The monoisotopic (exact) mass is 322 g/mol. The van der Waals surface area contributed by atoms with E-state index < -0.39 is 10.0 Å². The summed E-state index contributed by atoms with van der Waals surface area (Å²) >= 11 is 0. The van der Waals surface area contributed by atoms with Gasteiger partial charge in [0.15, 0.2) is 0 Å². The number of benzene rings is 1. The lowest BCUT2D eigenvalue weighted by Crippen LogP contribution is -2.39. The number of rotatable bonds is 3. The van der Waals surface area contributed by atoms with Crippen LogP contribution in [0.3, 0.4) is 0 Å².